The molecule has 0 unspecified atom stereocenters. The summed E-state index contributed by atoms with van der Waals surface area (Å²) in [5, 5.41) is 21.7. The first-order valence-electron chi connectivity index (χ1n) is 11.3. The molecule has 4 heterocycles. The Morgan fingerprint density at radius 3 is 2.65 bits per heavy atom. The molecule has 1 fully saturated rings. The monoisotopic (exact) mass is 542 g/mol. The number of aromatic nitrogens is 2. The van der Waals surface area contributed by atoms with Gasteiger partial charge >= 0.3 is 5.97 Å². The predicted octanol–water partition coefficient (Wildman–Crippen LogP) is 3.29. The number of ketones is 1. The molecule has 1 N–H and O–H groups in total. The Morgan fingerprint density at radius 1 is 1.35 bits per heavy atom. The maximum absolute atomic E-state index is 13.3. The molecule has 1 saturated heterocycles. The number of imidazole rings is 1. The summed E-state index contributed by atoms with van der Waals surface area (Å²) in [7, 11) is 0. The number of nitrogens with zero attached hydrogens (tertiary/aromatic N) is 4. The second kappa shape index (κ2) is 9.39. The van der Waals surface area contributed by atoms with Crippen LogP contribution in [0.3, 0.4) is 0 Å². The molecule has 3 atom stereocenters. The van der Waals surface area contributed by atoms with E-state index in [2.05, 4.69) is 4.98 Å². The van der Waals surface area contributed by atoms with E-state index in [1.807, 2.05) is 6.26 Å². The first kappa shape index (κ1) is 25.1. The Labute approximate surface area is 218 Å². The van der Waals surface area contributed by atoms with Gasteiger partial charge in [-0.3, -0.25) is 24.1 Å². The first-order valence-corrected chi connectivity index (χ1v) is 13.4. The molecule has 0 bridgehead atoms. The predicted molar refractivity (Wildman–Crippen MR) is 135 cm³/mol. The number of non-ortho nitro benzene ring substituents is 1. The van der Waals surface area contributed by atoms with E-state index in [1.165, 1.54) is 59.2 Å². The fourth-order valence-electron chi connectivity index (χ4n) is 4.79. The zero-order valence-electron chi connectivity index (χ0n) is 20.0. The van der Waals surface area contributed by atoms with Gasteiger partial charge in [-0.25, -0.2) is 9.78 Å². The van der Waals surface area contributed by atoms with Gasteiger partial charge in [0, 0.05) is 30.8 Å². The molecule has 1 amide bonds. The molecule has 11 nitrogen and oxygen atoms in total. The van der Waals surface area contributed by atoms with Gasteiger partial charge in [-0.2, -0.15) is 0 Å². The largest absolute Gasteiger partial charge is 0.456 e. The number of carbonyl (C=O) groups excluding carboxylic acids is 3. The van der Waals surface area contributed by atoms with E-state index in [-0.39, 0.29) is 41.5 Å². The maximum atomic E-state index is 13.3. The molecule has 1 aromatic carbocycles. The minimum atomic E-state index is -0.874. The number of Topliss-reactive ketones (excluding diaryl/α,β-unsaturated/α-hetero) is 1. The van der Waals surface area contributed by atoms with Crippen molar-refractivity contribution in [2.24, 2.45) is 5.92 Å². The summed E-state index contributed by atoms with van der Waals surface area (Å²) in [4.78, 5) is 56.0. The second-order valence-corrected chi connectivity index (χ2v) is 10.7. The highest BCUT2D eigenvalue weighted by Gasteiger charge is 2.57. The molecule has 192 valence electrons. The van der Waals surface area contributed by atoms with Crippen LogP contribution >= 0.6 is 23.1 Å². The summed E-state index contributed by atoms with van der Waals surface area (Å²) in [6.45, 7) is 2.85. The van der Waals surface area contributed by atoms with Crippen molar-refractivity contribution in [3.05, 3.63) is 62.5 Å². The highest BCUT2D eigenvalue weighted by atomic mass is 32.2. The van der Waals surface area contributed by atoms with Crippen LogP contribution in [-0.4, -0.2) is 60.4 Å². The number of nitro benzene ring substituents is 1. The number of aliphatic hydroxyl groups is 1. The molecule has 0 aliphatic carbocycles. The van der Waals surface area contributed by atoms with Crippen molar-refractivity contribution in [1.29, 1.82) is 0 Å². The van der Waals surface area contributed by atoms with Crippen molar-refractivity contribution >= 4 is 56.8 Å². The maximum Gasteiger partial charge on any atom is 0.355 e. The molecular formula is C24H22N4O7S2. The molecule has 2 aliphatic heterocycles. The fraction of sp³-hybridized carbons (Fsp3) is 0.333. The third-order valence-electron chi connectivity index (χ3n) is 6.53. The van der Waals surface area contributed by atoms with Gasteiger partial charge in [-0.1, -0.05) is 0 Å². The van der Waals surface area contributed by atoms with Gasteiger partial charge in [0.05, 0.1) is 27.9 Å². The summed E-state index contributed by atoms with van der Waals surface area (Å²) >= 11 is 2.77. The number of carbonyl (C=O) groups is 3. The van der Waals surface area contributed by atoms with E-state index in [9.17, 15) is 29.6 Å². The van der Waals surface area contributed by atoms with Crippen molar-refractivity contribution in [1.82, 2.24) is 14.3 Å². The smallest absolute Gasteiger partial charge is 0.355 e. The first-order chi connectivity index (χ1) is 17.6. The average Bonchev–Trinajstić information content (AvgIpc) is 3.52. The standard InChI is InChI=1S/C24H22N4O7S2/c1-11(29)18-16-8-15(17-9-26-20(12(2)30)25-21(36-3)23(26)37-17)19(27(16)22(18)31)24(32)35-10-13-4-6-14(7-5-13)28(33)34/h4-7,9,11,16,18,29H,8,10H2,1-3H3/t11-,16-,18-/m1/s1. The molecule has 0 saturated carbocycles. The molecule has 2 aromatic heterocycles. The van der Waals surface area contributed by atoms with E-state index in [1.54, 1.807) is 17.5 Å². The quantitative estimate of drug-likeness (QED) is 0.113. The SMILES string of the molecule is CSc1nc(C(C)=O)n2cc(C3=C(C(=O)OCc4ccc([N+](=O)[O-])cc4)N4C(=O)[C@H]([C@@H](C)O)[C@H]4C3)sc12. The van der Waals surface area contributed by atoms with Crippen molar-refractivity contribution in [3.63, 3.8) is 0 Å². The molecule has 5 rings (SSSR count). The number of fused-ring (bicyclic) bond motifs is 2. The van der Waals surface area contributed by atoms with Crippen LogP contribution in [0, 0.1) is 16.0 Å². The molecule has 37 heavy (non-hydrogen) atoms. The van der Waals surface area contributed by atoms with Gasteiger partial charge in [0.25, 0.3) is 5.69 Å². The highest BCUT2D eigenvalue weighted by Crippen LogP contribution is 2.49. The van der Waals surface area contributed by atoms with E-state index in [0.29, 0.717) is 27.5 Å². The van der Waals surface area contributed by atoms with Gasteiger partial charge in [-0.05, 0) is 37.3 Å². The topological polar surface area (TPSA) is 144 Å². The molecule has 0 spiro atoms. The zero-order chi connectivity index (χ0) is 26.6. The normalized spacial score (nSPS) is 19.7. The number of β-lactam (4-membered cyclic amide) rings is 1. The number of thioether (sulfide) groups is 1. The minimum absolute atomic E-state index is 0.0767. The zero-order valence-corrected chi connectivity index (χ0v) is 21.7. The van der Waals surface area contributed by atoms with Crippen LogP contribution < -0.4 is 0 Å². The highest BCUT2D eigenvalue weighted by molar-refractivity contribution is 7.98. The lowest BCUT2D eigenvalue weighted by atomic mass is 9.83. The van der Waals surface area contributed by atoms with Crippen LogP contribution in [0.4, 0.5) is 5.69 Å². The summed E-state index contributed by atoms with van der Waals surface area (Å²) in [6.07, 6.45) is 3.08. The number of ether oxygens (including phenoxy) is 1. The summed E-state index contributed by atoms with van der Waals surface area (Å²) in [6, 6.07) is 5.27. The number of rotatable bonds is 8. The van der Waals surface area contributed by atoms with Crippen LogP contribution in [-0.2, 0) is 20.9 Å². The van der Waals surface area contributed by atoms with Crippen LogP contribution in [0.5, 0.6) is 0 Å². The van der Waals surface area contributed by atoms with Gasteiger partial charge in [0.2, 0.25) is 5.91 Å². The molecular weight excluding hydrogens is 520 g/mol. The lowest BCUT2D eigenvalue weighted by molar-refractivity contribution is -0.384. The fourth-order valence-corrected chi connectivity index (χ4v) is 6.65. The molecule has 3 aromatic rings. The van der Waals surface area contributed by atoms with Crippen LogP contribution in [0.1, 0.15) is 41.3 Å². The molecule has 2 aliphatic rings. The van der Waals surface area contributed by atoms with Crippen molar-refractivity contribution in [2.75, 3.05) is 6.26 Å². The van der Waals surface area contributed by atoms with Crippen molar-refractivity contribution in [3.8, 4) is 0 Å². The Kier molecular flexibility index (Phi) is 6.38. The van der Waals surface area contributed by atoms with Gasteiger partial charge in [-0.15, -0.1) is 23.1 Å². The average molecular weight is 543 g/mol. The number of aliphatic hydroxyl groups excluding tert-OH is 1. The number of hydrogen-bond acceptors (Lipinski definition) is 10. The lowest BCUT2D eigenvalue weighted by Crippen LogP contribution is -2.61. The number of benzene rings is 1. The Morgan fingerprint density at radius 2 is 2.05 bits per heavy atom. The summed E-state index contributed by atoms with van der Waals surface area (Å²) in [5.41, 5.74) is 1.19. The Bertz CT molecular complexity index is 1490. The third-order valence-corrected chi connectivity index (χ3v) is 8.49. The van der Waals surface area contributed by atoms with Gasteiger partial charge < -0.3 is 14.7 Å². The Balaban J connectivity index is 1.51. The second-order valence-electron chi connectivity index (χ2n) is 8.84. The lowest BCUT2D eigenvalue weighted by Gasteiger charge is -2.44. The van der Waals surface area contributed by atoms with E-state index < -0.39 is 22.9 Å². The number of hydrogen-bond donors (Lipinski definition) is 1. The summed E-state index contributed by atoms with van der Waals surface area (Å²) < 4.78 is 7.23. The van der Waals surface area contributed by atoms with Crippen LogP contribution in [0.25, 0.3) is 10.4 Å². The van der Waals surface area contributed by atoms with Crippen molar-refractivity contribution in [2.45, 2.75) is 44.0 Å². The molecule has 0 radical (unpaired) electrons. The van der Waals surface area contributed by atoms with Gasteiger partial charge in [0.15, 0.2) is 11.6 Å². The number of amides is 1. The summed E-state index contributed by atoms with van der Waals surface area (Å²) in [5.74, 6) is -1.60. The molecule has 13 heteroatoms. The number of esters is 1. The van der Waals surface area contributed by atoms with Crippen LogP contribution in [0.2, 0.25) is 0 Å². The van der Waals surface area contributed by atoms with E-state index in [4.69, 9.17) is 4.74 Å². The number of thiazole rings is 1. The minimum Gasteiger partial charge on any atom is -0.456 e. The van der Waals surface area contributed by atoms with Gasteiger partial charge in [0.1, 0.15) is 22.2 Å². The third kappa shape index (κ3) is 4.12. The van der Waals surface area contributed by atoms with E-state index >= 15 is 0 Å². The number of nitro groups is 1. The van der Waals surface area contributed by atoms with Crippen LogP contribution in [0.15, 0.2) is 41.2 Å². The van der Waals surface area contributed by atoms with Crippen molar-refractivity contribution < 1.29 is 29.2 Å². The Hall–Kier alpha value is -3.55. The van der Waals surface area contributed by atoms with E-state index in [0.717, 1.165) is 4.83 Å².